The molecule has 0 bridgehead atoms. The van der Waals surface area contributed by atoms with Crippen LogP contribution in [0.1, 0.15) is 52.2 Å². The van der Waals surface area contributed by atoms with Crippen molar-refractivity contribution in [2.45, 2.75) is 66.1 Å². The molecule has 2 nitrogen and oxygen atoms in total. The predicted octanol–water partition coefficient (Wildman–Crippen LogP) is 4.12. The normalized spacial score (nSPS) is 23.4. The first-order chi connectivity index (χ1) is 9.26. The van der Waals surface area contributed by atoms with Crippen LogP contribution in [0.2, 0.25) is 0 Å². The fourth-order valence-electron chi connectivity index (χ4n) is 3.08. The van der Waals surface area contributed by atoms with E-state index in [1.54, 1.807) is 0 Å². The van der Waals surface area contributed by atoms with Crippen molar-refractivity contribution in [1.29, 1.82) is 0 Å². The predicted molar refractivity (Wildman–Crippen MR) is 88.4 cm³/mol. The van der Waals surface area contributed by atoms with E-state index >= 15 is 0 Å². The highest BCUT2D eigenvalue weighted by atomic mass is 15.2. The molecule has 1 saturated heterocycles. The van der Waals surface area contributed by atoms with Crippen molar-refractivity contribution < 1.29 is 0 Å². The van der Waals surface area contributed by atoms with Crippen LogP contribution in [0.4, 0.5) is 5.69 Å². The first-order valence-corrected chi connectivity index (χ1v) is 7.87. The zero-order valence-corrected chi connectivity index (χ0v) is 14.0. The number of anilines is 1. The lowest BCUT2D eigenvalue weighted by Crippen LogP contribution is -2.35. The Bertz CT molecular complexity index is 459. The molecule has 1 aliphatic rings. The lowest BCUT2D eigenvalue weighted by atomic mass is 10.0. The minimum atomic E-state index is 0.171. The number of hydrogen-bond donors (Lipinski definition) is 1. The number of rotatable bonds is 3. The van der Waals surface area contributed by atoms with Gasteiger partial charge in [-0.05, 0) is 70.2 Å². The molecule has 0 radical (unpaired) electrons. The largest absolute Gasteiger partial charge is 0.369 e. The summed E-state index contributed by atoms with van der Waals surface area (Å²) in [6, 6.07) is 7.61. The second-order valence-corrected chi connectivity index (χ2v) is 7.56. The number of nitrogens with one attached hydrogen (secondary N) is 1. The second-order valence-electron chi connectivity index (χ2n) is 7.56. The molecule has 1 N–H and O–H groups in total. The van der Waals surface area contributed by atoms with Gasteiger partial charge in [0.25, 0.3) is 0 Å². The Morgan fingerprint density at radius 3 is 2.45 bits per heavy atom. The summed E-state index contributed by atoms with van der Waals surface area (Å²) in [7, 11) is 0. The molecular weight excluding hydrogens is 244 g/mol. The lowest BCUT2D eigenvalue weighted by Gasteiger charge is -2.26. The molecule has 0 aromatic heterocycles. The van der Waals surface area contributed by atoms with E-state index in [-0.39, 0.29) is 5.54 Å². The van der Waals surface area contributed by atoms with Crippen molar-refractivity contribution in [2.24, 2.45) is 5.92 Å². The minimum absolute atomic E-state index is 0.171. The van der Waals surface area contributed by atoms with E-state index in [0.29, 0.717) is 6.04 Å². The van der Waals surface area contributed by atoms with Crippen molar-refractivity contribution in [3.8, 4) is 0 Å². The van der Waals surface area contributed by atoms with Gasteiger partial charge in [-0.25, -0.2) is 0 Å². The second kappa shape index (κ2) is 5.77. The summed E-state index contributed by atoms with van der Waals surface area (Å²) in [5.74, 6) is 0.813. The van der Waals surface area contributed by atoms with Gasteiger partial charge in [0.2, 0.25) is 0 Å². The van der Waals surface area contributed by atoms with Crippen molar-refractivity contribution in [2.75, 3.05) is 11.4 Å². The van der Waals surface area contributed by atoms with Gasteiger partial charge < -0.3 is 10.2 Å². The number of hydrogen-bond acceptors (Lipinski definition) is 2. The average Bonchev–Trinajstić information content (AvgIpc) is 2.65. The van der Waals surface area contributed by atoms with Gasteiger partial charge >= 0.3 is 0 Å². The van der Waals surface area contributed by atoms with E-state index in [4.69, 9.17) is 0 Å². The molecule has 0 amide bonds. The van der Waals surface area contributed by atoms with Gasteiger partial charge in [-0.2, -0.15) is 0 Å². The summed E-state index contributed by atoms with van der Waals surface area (Å²) in [6.45, 7) is 15.7. The molecular formula is C18H30N2. The molecule has 20 heavy (non-hydrogen) atoms. The average molecular weight is 274 g/mol. The van der Waals surface area contributed by atoms with Gasteiger partial charge in [-0.15, -0.1) is 0 Å². The first kappa shape index (κ1) is 15.4. The number of aryl methyl sites for hydroxylation is 1. The van der Waals surface area contributed by atoms with Crippen LogP contribution in [-0.2, 0) is 6.54 Å². The molecule has 0 aliphatic carbocycles. The standard InChI is InChI=1S/C18H30N2/c1-13-9-15(3)20(12-13)17-8-7-16(14(2)10-17)11-19-18(4,5)6/h7-8,10,13,15,19H,9,11-12H2,1-6H3. The summed E-state index contributed by atoms with van der Waals surface area (Å²) in [4.78, 5) is 2.55. The summed E-state index contributed by atoms with van der Waals surface area (Å²) < 4.78 is 0. The summed E-state index contributed by atoms with van der Waals surface area (Å²) in [5.41, 5.74) is 4.36. The highest BCUT2D eigenvalue weighted by Gasteiger charge is 2.26. The minimum Gasteiger partial charge on any atom is -0.369 e. The number of nitrogens with zero attached hydrogens (tertiary/aromatic N) is 1. The van der Waals surface area contributed by atoms with Crippen molar-refractivity contribution in [1.82, 2.24) is 5.32 Å². The fraction of sp³-hybridized carbons (Fsp3) is 0.667. The summed E-state index contributed by atoms with van der Waals surface area (Å²) >= 11 is 0. The maximum absolute atomic E-state index is 3.57. The van der Waals surface area contributed by atoms with E-state index in [0.717, 1.165) is 12.5 Å². The van der Waals surface area contributed by atoms with Crippen LogP contribution in [0.5, 0.6) is 0 Å². The smallest absolute Gasteiger partial charge is 0.0371 e. The zero-order valence-electron chi connectivity index (χ0n) is 14.0. The molecule has 1 aliphatic heterocycles. The van der Waals surface area contributed by atoms with Crippen LogP contribution in [0.15, 0.2) is 18.2 Å². The molecule has 0 saturated carbocycles. The quantitative estimate of drug-likeness (QED) is 0.892. The molecule has 1 aromatic rings. The highest BCUT2D eigenvalue weighted by molar-refractivity contribution is 5.52. The van der Waals surface area contributed by atoms with E-state index in [1.807, 2.05) is 0 Å². The SMILES string of the molecule is Cc1cc(N2CC(C)CC2C)ccc1CNC(C)(C)C. The molecule has 2 rings (SSSR count). The topological polar surface area (TPSA) is 15.3 Å². The van der Waals surface area contributed by atoms with E-state index in [2.05, 4.69) is 70.0 Å². The zero-order chi connectivity index (χ0) is 14.9. The fourth-order valence-corrected chi connectivity index (χ4v) is 3.08. The maximum atomic E-state index is 3.57. The number of benzene rings is 1. The van der Waals surface area contributed by atoms with Crippen LogP contribution in [0.3, 0.4) is 0 Å². The van der Waals surface area contributed by atoms with Crippen LogP contribution < -0.4 is 10.2 Å². The molecule has 1 heterocycles. The molecule has 1 aromatic carbocycles. The Kier molecular flexibility index (Phi) is 4.43. The Balaban J connectivity index is 2.10. The van der Waals surface area contributed by atoms with Crippen LogP contribution in [0.25, 0.3) is 0 Å². The Morgan fingerprint density at radius 2 is 1.95 bits per heavy atom. The third-order valence-electron chi connectivity index (χ3n) is 4.25. The van der Waals surface area contributed by atoms with Crippen molar-refractivity contribution >= 4 is 5.69 Å². The molecule has 112 valence electrons. The van der Waals surface area contributed by atoms with Gasteiger partial charge in [0.15, 0.2) is 0 Å². The van der Waals surface area contributed by atoms with Gasteiger partial charge in [0.1, 0.15) is 0 Å². The van der Waals surface area contributed by atoms with Crippen LogP contribution in [0, 0.1) is 12.8 Å². The van der Waals surface area contributed by atoms with Crippen molar-refractivity contribution in [3.05, 3.63) is 29.3 Å². The van der Waals surface area contributed by atoms with E-state index in [1.165, 1.54) is 29.8 Å². The summed E-state index contributed by atoms with van der Waals surface area (Å²) in [6.07, 6.45) is 1.31. The van der Waals surface area contributed by atoms with Gasteiger partial charge in [0, 0.05) is 30.4 Å². The summed E-state index contributed by atoms with van der Waals surface area (Å²) in [5, 5.41) is 3.57. The van der Waals surface area contributed by atoms with Crippen molar-refractivity contribution in [3.63, 3.8) is 0 Å². The molecule has 2 heteroatoms. The Labute approximate surface area is 124 Å². The Morgan fingerprint density at radius 1 is 1.25 bits per heavy atom. The molecule has 1 fully saturated rings. The lowest BCUT2D eigenvalue weighted by molar-refractivity contribution is 0.424. The van der Waals surface area contributed by atoms with Gasteiger partial charge in [0.05, 0.1) is 0 Å². The molecule has 2 unspecified atom stereocenters. The monoisotopic (exact) mass is 274 g/mol. The molecule has 2 atom stereocenters. The third kappa shape index (κ3) is 3.76. The van der Waals surface area contributed by atoms with E-state index < -0.39 is 0 Å². The highest BCUT2D eigenvalue weighted by Crippen LogP contribution is 2.30. The van der Waals surface area contributed by atoms with Crippen LogP contribution >= 0.6 is 0 Å². The molecule has 0 spiro atoms. The van der Waals surface area contributed by atoms with Gasteiger partial charge in [-0.1, -0.05) is 13.0 Å². The van der Waals surface area contributed by atoms with Gasteiger partial charge in [-0.3, -0.25) is 0 Å². The van der Waals surface area contributed by atoms with Crippen LogP contribution in [-0.4, -0.2) is 18.1 Å². The first-order valence-electron chi connectivity index (χ1n) is 7.87. The van der Waals surface area contributed by atoms with E-state index in [9.17, 15) is 0 Å². The third-order valence-corrected chi connectivity index (χ3v) is 4.25. The maximum Gasteiger partial charge on any atom is 0.0371 e. The Hall–Kier alpha value is -1.02.